The number of allylic oxidation sites excluding steroid dienone is 3. The van der Waals surface area contributed by atoms with Crippen molar-refractivity contribution in [3.63, 3.8) is 0 Å². The minimum absolute atomic E-state index is 0.0490. The highest BCUT2D eigenvalue weighted by Crippen LogP contribution is 2.52. The van der Waals surface area contributed by atoms with Crippen LogP contribution in [0.3, 0.4) is 0 Å². The molecule has 2 aliphatic rings. The predicted molar refractivity (Wildman–Crippen MR) is 165 cm³/mol. The maximum Gasteiger partial charge on any atom is 0.234 e. The van der Waals surface area contributed by atoms with Gasteiger partial charge in [-0.25, -0.2) is 4.98 Å². The van der Waals surface area contributed by atoms with E-state index in [4.69, 9.17) is 26.8 Å². The molecule has 5 rings (SSSR count). The van der Waals surface area contributed by atoms with Gasteiger partial charge >= 0.3 is 0 Å². The molecular weight excluding hydrogens is 610 g/mol. The Balaban J connectivity index is 1.51. The SMILES string of the molecule is COc1ccc(C2C(C#N)=C(N)N(c3nnc(SCC(=O)Nc4cccnc4Cl)s3)C3=C2C(=O)CC(C)(C)C3)c(OC)c1. The van der Waals surface area contributed by atoms with E-state index in [1.54, 1.807) is 42.3 Å². The second-order valence-electron chi connectivity index (χ2n) is 10.6. The number of nitriles is 1. The average Bonchev–Trinajstić information content (AvgIpc) is 3.44. The van der Waals surface area contributed by atoms with Crippen molar-refractivity contribution < 1.29 is 19.1 Å². The quantitative estimate of drug-likeness (QED) is 0.245. The van der Waals surface area contributed by atoms with Crippen LogP contribution in [0.15, 0.2) is 63.5 Å². The number of Topliss-reactive ketones (excluding diaryl/α,β-unsaturated/α-hetero) is 1. The first-order valence-electron chi connectivity index (χ1n) is 13.1. The van der Waals surface area contributed by atoms with Gasteiger partial charge in [-0.05, 0) is 30.0 Å². The number of halogens is 1. The summed E-state index contributed by atoms with van der Waals surface area (Å²) in [5.41, 5.74) is 8.77. The molecule has 1 atom stereocenters. The van der Waals surface area contributed by atoms with Gasteiger partial charge in [0.1, 0.15) is 17.3 Å². The number of pyridine rings is 1. The van der Waals surface area contributed by atoms with Crippen molar-refractivity contribution in [2.75, 3.05) is 30.2 Å². The largest absolute Gasteiger partial charge is 0.497 e. The lowest BCUT2D eigenvalue weighted by atomic mass is 9.68. The minimum atomic E-state index is -0.731. The second-order valence-corrected chi connectivity index (χ2v) is 13.2. The lowest BCUT2D eigenvalue weighted by Gasteiger charge is -2.42. The van der Waals surface area contributed by atoms with Crippen LogP contribution in [0.2, 0.25) is 5.15 Å². The van der Waals surface area contributed by atoms with Crippen molar-refractivity contribution in [3.8, 4) is 17.6 Å². The van der Waals surface area contributed by atoms with E-state index in [-0.39, 0.29) is 39.4 Å². The number of benzene rings is 1. The van der Waals surface area contributed by atoms with Crippen LogP contribution in [0.25, 0.3) is 0 Å². The average molecular weight is 638 g/mol. The van der Waals surface area contributed by atoms with Gasteiger partial charge in [0.15, 0.2) is 15.3 Å². The number of aromatic nitrogens is 3. The van der Waals surface area contributed by atoms with E-state index in [0.29, 0.717) is 56.3 Å². The Bertz CT molecular complexity index is 1710. The van der Waals surface area contributed by atoms with Crippen molar-refractivity contribution >= 4 is 57.2 Å². The van der Waals surface area contributed by atoms with Crippen LogP contribution in [-0.2, 0) is 9.59 Å². The van der Waals surface area contributed by atoms with Gasteiger partial charge in [-0.3, -0.25) is 14.5 Å². The van der Waals surface area contributed by atoms with Crippen LogP contribution in [0.4, 0.5) is 10.8 Å². The third-order valence-corrected chi connectivity index (χ3v) is 9.42. The molecule has 2 aromatic heterocycles. The minimum Gasteiger partial charge on any atom is -0.497 e. The Morgan fingerprint density at radius 2 is 2.07 bits per heavy atom. The number of carbonyl (C=O) groups is 2. The lowest BCUT2D eigenvalue weighted by molar-refractivity contribution is -0.118. The van der Waals surface area contributed by atoms with E-state index in [1.807, 2.05) is 13.8 Å². The lowest BCUT2D eigenvalue weighted by Crippen LogP contribution is -2.42. The first-order valence-corrected chi connectivity index (χ1v) is 15.3. The zero-order valence-electron chi connectivity index (χ0n) is 23.8. The van der Waals surface area contributed by atoms with Gasteiger partial charge in [0.05, 0.1) is 43.2 Å². The van der Waals surface area contributed by atoms with Gasteiger partial charge in [0.25, 0.3) is 0 Å². The first kappa shape index (κ1) is 30.3. The van der Waals surface area contributed by atoms with Crippen molar-refractivity contribution in [1.29, 1.82) is 5.26 Å². The molecule has 0 radical (unpaired) electrons. The molecule has 0 spiro atoms. The number of rotatable bonds is 8. The standard InChI is InChI=1S/C29H28ClN7O4S2/c1-29(2)11-19-24(20(38)12-29)23(16-8-7-15(40-3)10-21(16)41-4)17(13-31)26(32)37(19)27-35-36-28(43-27)42-14-22(39)34-18-6-5-9-33-25(18)30/h5-10,23H,11-12,14,32H2,1-4H3,(H,34,39). The molecule has 1 amide bonds. The van der Waals surface area contributed by atoms with Crippen LogP contribution in [0, 0.1) is 16.7 Å². The summed E-state index contributed by atoms with van der Waals surface area (Å²) in [5, 5.41) is 22.3. The van der Waals surface area contributed by atoms with E-state index in [0.717, 1.165) is 0 Å². The fourth-order valence-corrected chi connectivity index (χ4v) is 7.09. The highest BCUT2D eigenvalue weighted by atomic mass is 35.5. The third-order valence-electron chi connectivity index (χ3n) is 7.08. The molecule has 0 bridgehead atoms. The van der Waals surface area contributed by atoms with Crippen molar-refractivity contribution in [2.45, 2.75) is 36.9 Å². The number of ether oxygens (including phenoxy) is 2. The maximum atomic E-state index is 13.8. The molecule has 3 aromatic rings. The molecule has 11 nitrogen and oxygen atoms in total. The number of nitrogens with one attached hydrogen (secondary N) is 1. The van der Waals surface area contributed by atoms with E-state index in [1.165, 1.54) is 36.4 Å². The zero-order valence-corrected chi connectivity index (χ0v) is 26.2. The number of nitrogens with zero attached hydrogens (tertiary/aromatic N) is 5. The molecule has 0 saturated carbocycles. The number of nitrogens with two attached hydrogens (primary N) is 1. The number of carbonyl (C=O) groups excluding carboxylic acids is 2. The van der Waals surface area contributed by atoms with Gasteiger partial charge < -0.3 is 20.5 Å². The summed E-state index contributed by atoms with van der Waals surface area (Å²) in [4.78, 5) is 32.0. The summed E-state index contributed by atoms with van der Waals surface area (Å²) in [7, 11) is 3.08. The molecule has 1 aromatic carbocycles. The van der Waals surface area contributed by atoms with Gasteiger partial charge in [-0.2, -0.15) is 5.26 Å². The molecule has 1 aliphatic carbocycles. The van der Waals surface area contributed by atoms with Crippen molar-refractivity contribution in [3.05, 3.63) is 69.9 Å². The fourth-order valence-electron chi connectivity index (χ4n) is 5.24. The smallest absolute Gasteiger partial charge is 0.234 e. The summed E-state index contributed by atoms with van der Waals surface area (Å²) in [6.45, 7) is 4.04. The molecule has 1 aliphatic heterocycles. The van der Waals surface area contributed by atoms with Crippen LogP contribution >= 0.6 is 34.7 Å². The molecule has 0 saturated heterocycles. The number of anilines is 2. The van der Waals surface area contributed by atoms with Crippen LogP contribution < -0.4 is 25.4 Å². The number of thioether (sulfide) groups is 1. The normalized spacial score (nSPS) is 17.8. The topological polar surface area (TPSA) is 156 Å². The Morgan fingerprint density at radius 3 is 2.77 bits per heavy atom. The van der Waals surface area contributed by atoms with Crippen molar-refractivity contribution in [2.24, 2.45) is 11.1 Å². The molecule has 3 N–H and O–H groups in total. The molecule has 3 heterocycles. The summed E-state index contributed by atoms with van der Waals surface area (Å²) in [6, 6.07) is 10.9. The Hall–Kier alpha value is -4.12. The number of ketones is 1. The number of methoxy groups -OCH3 is 2. The van der Waals surface area contributed by atoms with E-state index >= 15 is 0 Å². The Morgan fingerprint density at radius 1 is 1.28 bits per heavy atom. The summed E-state index contributed by atoms with van der Waals surface area (Å²) >= 11 is 8.44. The van der Waals surface area contributed by atoms with Gasteiger partial charge in [-0.1, -0.05) is 54.6 Å². The van der Waals surface area contributed by atoms with Gasteiger partial charge in [0.2, 0.25) is 11.0 Å². The molecule has 1 unspecified atom stereocenters. The summed E-state index contributed by atoms with van der Waals surface area (Å²) in [6.07, 6.45) is 2.35. The maximum absolute atomic E-state index is 13.8. The van der Waals surface area contributed by atoms with Crippen LogP contribution in [0.1, 0.15) is 38.2 Å². The monoisotopic (exact) mass is 637 g/mol. The molecule has 0 fully saturated rings. The van der Waals surface area contributed by atoms with Crippen LogP contribution in [0.5, 0.6) is 11.5 Å². The van der Waals surface area contributed by atoms with Crippen LogP contribution in [-0.4, -0.2) is 46.8 Å². The molecule has 222 valence electrons. The highest BCUT2D eigenvalue weighted by molar-refractivity contribution is 8.01. The number of hydrogen-bond acceptors (Lipinski definition) is 12. The summed E-state index contributed by atoms with van der Waals surface area (Å²) in [5.74, 6) is 0.161. The Labute approximate surface area is 261 Å². The Kier molecular flexibility index (Phi) is 8.64. The fraction of sp³-hybridized carbons (Fsp3) is 0.310. The highest BCUT2D eigenvalue weighted by Gasteiger charge is 2.46. The molecule has 43 heavy (non-hydrogen) atoms. The molecular formula is C29H28ClN7O4S2. The zero-order chi connectivity index (χ0) is 30.9. The third kappa shape index (κ3) is 6.04. The van der Waals surface area contributed by atoms with E-state index in [2.05, 4.69) is 26.6 Å². The van der Waals surface area contributed by atoms with Crippen molar-refractivity contribution in [1.82, 2.24) is 15.2 Å². The molecule has 14 heteroatoms. The predicted octanol–water partition coefficient (Wildman–Crippen LogP) is 5.28. The number of hydrogen-bond donors (Lipinski definition) is 2. The number of amides is 1. The van der Waals surface area contributed by atoms with E-state index < -0.39 is 5.92 Å². The van der Waals surface area contributed by atoms with Gasteiger partial charge in [0, 0.05) is 35.5 Å². The summed E-state index contributed by atoms with van der Waals surface area (Å²) < 4.78 is 11.5. The first-order chi connectivity index (χ1) is 20.6. The van der Waals surface area contributed by atoms with Gasteiger partial charge in [-0.15, -0.1) is 10.2 Å². The van der Waals surface area contributed by atoms with E-state index in [9.17, 15) is 14.9 Å². The second kappa shape index (κ2) is 12.2.